The van der Waals surface area contributed by atoms with Gasteiger partial charge in [0.1, 0.15) is 0 Å². The quantitative estimate of drug-likeness (QED) is 0.794. The number of hydrogen-bond donors (Lipinski definition) is 0. The Morgan fingerprint density at radius 3 is 2.21 bits per heavy atom. The molecule has 0 N–H and O–H groups in total. The molecule has 24 heavy (non-hydrogen) atoms. The molecule has 0 amide bonds. The van der Waals surface area contributed by atoms with E-state index in [0.717, 1.165) is 44.1 Å². The Morgan fingerprint density at radius 1 is 1.12 bits per heavy atom. The Morgan fingerprint density at radius 2 is 1.75 bits per heavy atom. The fraction of sp³-hybridized carbons (Fsp3) is 0.600. The van der Waals surface area contributed by atoms with Gasteiger partial charge in [-0.1, -0.05) is 24.3 Å². The van der Waals surface area contributed by atoms with Crippen molar-refractivity contribution in [2.45, 2.75) is 56.5 Å². The third-order valence-corrected chi connectivity index (χ3v) is 6.28. The van der Waals surface area contributed by atoms with Gasteiger partial charge in [0.15, 0.2) is 0 Å². The van der Waals surface area contributed by atoms with Crippen LogP contribution in [0.5, 0.6) is 0 Å². The van der Waals surface area contributed by atoms with Crippen molar-refractivity contribution < 1.29 is 14.3 Å². The molecule has 1 aromatic rings. The number of fused-ring (bicyclic) bond motifs is 3. The van der Waals surface area contributed by atoms with Crippen molar-refractivity contribution in [3.05, 3.63) is 35.4 Å². The number of nitrogens with zero attached hydrogens (tertiary/aromatic N) is 1. The highest BCUT2D eigenvalue weighted by atomic mass is 16.5. The first kappa shape index (κ1) is 15.7. The van der Waals surface area contributed by atoms with Crippen LogP contribution >= 0.6 is 0 Å². The third kappa shape index (κ3) is 2.43. The molecule has 2 bridgehead atoms. The topological polar surface area (TPSA) is 59.3 Å². The predicted molar refractivity (Wildman–Crippen MR) is 88.1 cm³/mol. The molecule has 2 heterocycles. The van der Waals surface area contributed by atoms with Crippen molar-refractivity contribution in [1.82, 2.24) is 0 Å². The molecular formula is C20H23NO3. The first-order valence-corrected chi connectivity index (χ1v) is 8.81. The van der Waals surface area contributed by atoms with Gasteiger partial charge in [0.05, 0.1) is 30.3 Å². The monoisotopic (exact) mass is 325 g/mol. The lowest BCUT2D eigenvalue weighted by Crippen LogP contribution is -2.51. The molecule has 4 nitrogen and oxygen atoms in total. The van der Waals surface area contributed by atoms with Crippen molar-refractivity contribution in [3.8, 4) is 6.07 Å². The van der Waals surface area contributed by atoms with Gasteiger partial charge >= 0.3 is 5.97 Å². The van der Waals surface area contributed by atoms with Crippen molar-refractivity contribution in [1.29, 1.82) is 5.26 Å². The molecule has 2 saturated heterocycles. The van der Waals surface area contributed by atoms with Crippen LogP contribution in [-0.4, -0.2) is 19.2 Å². The molecule has 2 aliphatic heterocycles. The summed E-state index contributed by atoms with van der Waals surface area (Å²) in [4.78, 5) is 11.1. The van der Waals surface area contributed by atoms with E-state index in [1.807, 2.05) is 0 Å². The maximum absolute atomic E-state index is 11.1. The molecule has 5 rings (SSSR count). The molecule has 0 radical (unpaired) electrons. The summed E-state index contributed by atoms with van der Waals surface area (Å²) in [6.45, 7) is 2.59. The average Bonchev–Trinajstić information content (AvgIpc) is 3.43. The molecule has 1 aromatic carbocycles. The number of ether oxygens (including phenoxy) is 2. The molecule has 0 unspecified atom stereocenters. The van der Waals surface area contributed by atoms with Gasteiger partial charge in [-0.05, 0) is 49.7 Å². The summed E-state index contributed by atoms with van der Waals surface area (Å²) in [6, 6.07) is 11.0. The zero-order valence-corrected chi connectivity index (χ0v) is 14.1. The van der Waals surface area contributed by atoms with Gasteiger partial charge in [-0.3, -0.25) is 4.79 Å². The average molecular weight is 325 g/mol. The molecule has 4 aliphatic rings. The highest BCUT2D eigenvalue weighted by Crippen LogP contribution is 2.54. The van der Waals surface area contributed by atoms with E-state index in [9.17, 15) is 10.1 Å². The number of carbonyl (C=O) groups excluding carboxylic acids is 1. The minimum absolute atomic E-state index is 0.00619. The van der Waals surface area contributed by atoms with E-state index in [-0.39, 0.29) is 22.4 Å². The van der Waals surface area contributed by atoms with Crippen LogP contribution in [0.4, 0.5) is 0 Å². The maximum Gasteiger partial charge on any atom is 0.302 e. The second-order valence-electron chi connectivity index (χ2n) is 7.83. The Hall–Kier alpha value is -1.86. The normalized spacial score (nSPS) is 32.8. The van der Waals surface area contributed by atoms with Gasteiger partial charge in [-0.25, -0.2) is 0 Å². The van der Waals surface area contributed by atoms with Gasteiger partial charge in [-0.2, -0.15) is 5.26 Å². The van der Waals surface area contributed by atoms with E-state index in [2.05, 4.69) is 30.3 Å². The zero-order chi connectivity index (χ0) is 16.8. The van der Waals surface area contributed by atoms with Gasteiger partial charge in [0.25, 0.3) is 0 Å². The number of esters is 1. The van der Waals surface area contributed by atoms with Gasteiger partial charge in [0.2, 0.25) is 0 Å². The van der Waals surface area contributed by atoms with Crippen LogP contribution in [0.2, 0.25) is 0 Å². The van der Waals surface area contributed by atoms with E-state index in [0.29, 0.717) is 13.2 Å². The van der Waals surface area contributed by atoms with Crippen LogP contribution in [0.1, 0.15) is 56.6 Å². The molecule has 4 heteroatoms. The second kappa shape index (κ2) is 5.32. The lowest BCUT2D eigenvalue weighted by molar-refractivity contribution is -0.205. The lowest BCUT2D eigenvalue weighted by Gasteiger charge is -2.53. The number of nitriles is 1. The molecule has 2 aliphatic carbocycles. The van der Waals surface area contributed by atoms with Crippen LogP contribution in [0.3, 0.4) is 0 Å². The zero-order valence-electron chi connectivity index (χ0n) is 14.1. The van der Waals surface area contributed by atoms with Gasteiger partial charge in [0, 0.05) is 12.3 Å². The maximum atomic E-state index is 11.1. The van der Waals surface area contributed by atoms with Crippen LogP contribution in [0.15, 0.2) is 24.3 Å². The van der Waals surface area contributed by atoms with Gasteiger partial charge in [-0.15, -0.1) is 0 Å². The molecule has 126 valence electrons. The SMILES string of the molecule is CC(=O)OCC12CCC(c3ccc(C4(C#N)CC4)cc3)(CC1)OC2. The van der Waals surface area contributed by atoms with E-state index in [1.54, 1.807) is 0 Å². The fourth-order valence-electron chi connectivity index (χ4n) is 4.26. The Labute approximate surface area is 142 Å². The largest absolute Gasteiger partial charge is 0.465 e. The smallest absolute Gasteiger partial charge is 0.302 e. The Kier molecular flexibility index (Phi) is 3.47. The van der Waals surface area contributed by atoms with Crippen molar-refractivity contribution in [2.24, 2.45) is 5.41 Å². The molecule has 2 saturated carbocycles. The van der Waals surface area contributed by atoms with Crippen molar-refractivity contribution in [2.75, 3.05) is 13.2 Å². The van der Waals surface area contributed by atoms with E-state index >= 15 is 0 Å². The van der Waals surface area contributed by atoms with Crippen LogP contribution in [0.25, 0.3) is 0 Å². The summed E-state index contributed by atoms with van der Waals surface area (Å²) in [7, 11) is 0. The standard InChI is InChI=1S/C20H23NO3/c1-15(22)23-13-18-6-10-20(11-7-18,24-14-18)17-4-2-16(3-5-17)19(12-21)8-9-19/h2-5H,6-11,13-14H2,1H3. The molecular weight excluding hydrogens is 302 g/mol. The van der Waals surface area contributed by atoms with Crippen LogP contribution in [0, 0.1) is 16.7 Å². The highest BCUT2D eigenvalue weighted by molar-refractivity contribution is 5.65. The number of carbonyl (C=O) groups is 1. The van der Waals surface area contributed by atoms with Crippen molar-refractivity contribution in [3.63, 3.8) is 0 Å². The molecule has 0 aromatic heterocycles. The second-order valence-corrected chi connectivity index (χ2v) is 7.83. The molecule has 4 fully saturated rings. The first-order valence-electron chi connectivity index (χ1n) is 8.81. The number of rotatable bonds is 4. The summed E-state index contributed by atoms with van der Waals surface area (Å²) in [5.74, 6) is -0.214. The summed E-state index contributed by atoms with van der Waals surface area (Å²) in [5.41, 5.74) is 1.95. The van der Waals surface area contributed by atoms with Crippen molar-refractivity contribution >= 4 is 5.97 Å². The van der Waals surface area contributed by atoms with Gasteiger partial charge < -0.3 is 9.47 Å². The molecule has 0 spiro atoms. The number of benzene rings is 1. The molecule has 0 atom stereocenters. The summed E-state index contributed by atoms with van der Waals surface area (Å²) in [5, 5.41) is 9.34. The van der Waals surface area contributed by atoms with E-state index in [1.165, 1.54) is 12.5 Å². The van der Waals surface area contributed by atoms with E-state index in [4.69, 9.17) is 9.47 Å². The fourth-order valence-corrected chi connectivity index (χ4v) is 4.26. The minimum atomic E-state index is -0.227. The summed E-state index contributed by atoms with van der Waals surface area (Å²) in [6.07, 6.45) is 5.95. The predicted octanol–water partition coefficient (Wildman–Crippen LogP) is 3.59. The summed E-state index contributed by atoms with van der Waals surface area (Å²) >= 11 is 0. The third-order valence-electron chi connectivity index (χ3n) is 6.28. The number of hydrogen-bond acceptors (Lipinski definition) is 4. The minimum Gasteiger partial charge on any atom is -0.465 e. The lowest BCUT2D eigenvalue weighted by atomic mass is 9.64. The Balaban J connectivity index is 1.49. The van der Waals surface area contributed by atoms with E-state index < -0.39 is 0 Å². The summed E-state index contributed by atoms with van der Waals surface area (Å²) < 4.78 is 11.6. The highest BCUT2D eigenvalue weighted by Gasteiger charge is 2.51. The first-order chi connectivity index (χ1) is 11.5. The Bertz CT molecular complexity index is 672. The van der Waals surface area contributed by atoms with Crippen LogP contribution < -0.4 is 0 Å². The van der Waals surface area contributed by atoms with Crippen LogP contribution in [-0.2, 0) is 25.3 Å².